The number of rotatable bonds is 8. The van der Waals surface area contributed by atoms with Gasteiger partial charge in [-0.3, -0.25) is 0 Å². The number of nitrogens with zero attached hydrogens (tertiary/aromatic N) is 1. The maximum absolute atomic E-state index is 5.91. The molecular formula is C16H28N2O. The zero-order chi connectivity index (χ0) is 14.3. The number of nitrogens with two attached hydrogens (primary N) is 1. The molecule has 0 aliphatic rings. The van der Waals surface area contributed by atoms with Gasteiger partial charge in [0, 0.05) is 31.9 Å². The highest BCUT2D eigenvalue weighted by atomic mass is 16.5. The predicted molar refractivity (Wildman–Crippen MR) is 82.7 cm³/mol. The molecular weight excluding hydrogens is 236 g/mol. The highest BCUT2D eigenvalue weighted by Gasteiger charge is 2.19. The Labute approximate surface area is 117 Å². The van der Waals surface area contributed by atoms with Crippen LogP contribution in [0.1, 0.15) is 37.8 Å². The quantitative estimate of drug-likeness (QED) is 0.784. The van der Waals surface area contributed by atoms with Gasteiger partial charge in [0.2, 0.25) is 0 Å². The van der Waals surface area contributed by atoms with Crippen molar-refractivity contribution >= 4 is 5.69 Å². The molecule has 1 rings (SSSR count). The van der Waals surface area contributed by atoms with Gasteiger partial charge in [0.05, 0.1) is 6.61 Å². The minimum atomic E-state index is 0.543. The van der Waals surface area contributed by atoms with E-state index in [1.807, 2.05) is 0 Å². The molecule has 3 heteroatoms. The van der Waals surface area contributed by atoms with E-state index in [0.29, 0.717) is 12.6 Å². The Bertz CT molecular complexity index is 375. The second-order valence-corrected chi connectivity index (χ2v) is 4.94. The van der Waals surface area contributed by atoms with Crippen LogP contribution in [0.4, 0.5) is 5.69 Å². The van der Waals surface area contributed by atoms with E-state index in [-0.39, 0.29) is 0 Å². The molecule has 0 fully saturated rings. The highest BCUT2D eigenvalue weighted by Crippen LogP contribution is 2.28. The third-order valence-corrected chi connectivity index (χ3v) is 3.75. The van der Waals surface area contributed by atoms with Crippen molar-refractivity contribution < 1.29 is 4.74 Å². The second-order valence-electron chi connectivity index (χ2n) is 4.94. The first kappa shape index (κ1) is 16.0. The maximum Gasteiger partial charge on any atom is 0.0637 e. The number of ether oxygens (including phenoxy) is 1. The fourth-order valence-electron chi connectivity index (χ4n) is 2.69. The molecule has 0 spiro atoms. The van der Waals surface area contributed by atoms with E-state index < -0.39 is 0 Å². The summed E-state index contributed by atoms with van der Waals surface area (Å²) in [5.41, 5.74) is 9.73. The first-order valence-electron chi connectivity index (χ1n) is 7.23. The number of hydrogen-bond acceptors (Lipinski definition) is 3. The van der Waals surface area contributed by atoms with Gasteiger partial charge in [-0.2, -0.15) is 0 Å². The van der Waals surface area contributed by atoms with E-state index >= 15 is 0 Å². The lowest BCUT2D eigenvalue weighted by molar-refractivity contribution is 0.202. The predicted octanol–water partition coefficient (Wildman–Crippen LogP) is 3.10. The Balaban J connectivity index is 3.15. The highest BCUT2D eigenvalue weighted by molar-refractivity contribution is 5.60. The van der Waals surface area contributed by atoms with Crippen molar-refractivity contribution in [3.63, 3.8) is 0 Å². The molecule has 1 aromatic rings. The SMILES string of the molecule is CCC(CC)N(CCOC)c1c(C)cccc1CN. The molecule has 108 valence electrons. The topological polar surface area (TPSA) is 38.5 Å². The number of methoxy groups -OCH3 is 1. The average Bonchev–Trinajstić information content (AvgIpc) is 2.43. The van der Waals surface area contributed by atoms with Gasteiger partial charge in [-0.05, 0) is 30.9 Å². The molecule has 0 amide bonds. The first-order chi connectivity index (χ1) is 9.19. The summed E-state index contributed by atoms with van der Waals surface area (Å²) in [6, 6.07) is 6.92. The van der Waals surface area contributed by atoms with Crippen molar-refractivity contribution in [2.24, 2.45) is 5.73 Å². The Hall–Kier alpha value is -1.06. The van der Waals surface area contributed by atoms with Crippen molar-refractivity contribution in [2.75, 3.05) is 25.2 Å². The van der Waals surface area contributed by atoms with E-state index in [4.69, 9.17) is 10.5 Å². The van der Waals surface area contributed by atoms with E-state index in [1.54, 1.807) is 7.11 Å². The monoisotopic (exact) mass is 264 g/mol. The normalized spacial score (nSPS) is 11.1. The molecule has 0 aromatic heterocycles. The van der Waals surface area contributed by atoms with Crippen LogP contribution in [-0.2, 0) is 11.3 Å². The summed E-state index contributed by atoms with van der Waals surface area (Å²) in [4.78, 5) is 2.47. The summed E-state index contributed by atoms with van der Waals surface area (Å²) < 4.78 is 5.27. The Morgan fingerprint density at radius 3 is 2.47 bits per heavy atom. The lowest BCUT2D eigenvalue weighted by Crippen LogP contribution is -2.38. The third kappa shape index (κ3) is 3.95. The van der Waals surface area contributed by atoms with Gasteiger partial charge in [0.1, 0.15) is 0 Å². The van der Waals surface area contributed by atoms with Crippen molar-refractivity contribution in [1.29, 1.82) is 0 Å². The number of hydrogen-bond donors (Lipinski definition) is 1. The molecule has 19 heavy (non-hydrogen) atoms. The van der Waals surface area contributed by atoms with Gasteiger partial charge >= 0.3 is 0 Å². The summed E-state index contributed by atoms with van der Waals surface area (Å²) in [6.07, 6.45) is 2.27. The molecule has 0 saturated carbocycles. The molecule has 0 aliphatic carbocycles. The van der Waals surface area contributed by atoms with Gasteiger partial charge in [-0.25, -0.2) is 0 Å². The van der Waals surface area contributed by atoms with Crippen molar-refractivity contribution in [3.05, 3.63) is 29.3 Å². The van der Waals surface area contributed by atoms with Gasteiger partial charge in [-0.15, -0.1) is 0 Å². The standard InChI is InChI=1S/C16H28N2O/c1-5-15(6-2)18(10-11-19-4)16-13(3)8-7-9-14(16)12-17/h7-9,15H,5-6,10-12,17H2,1-4H3. The zero-order valence-electron chi connectivity index (χ0n) is 12.8. The smallest absolute Gasteiger partial charge is 0.0637 e. The van der Waals surface area contributed by atoms with Crippen LogP contribution in [0.15, 0.2) is 18.2 Å². The summed E-state index contributed by atoms with van der Waals surface area (Å²) in [7, 11) is 1.76. The van der Waals surface area contributed by atoms with Crippen molar-refractivity contribution in [2.45, 2.75) is 46.2 Å². The van der Waals surface area contributed by atoms with Gasteiger partial charge in [0.15, 0.2) is 0 Å². The molecule has 0 aliphatic heterocycles. The van der Waals surface area contributed by atoms with Crippen LogP contribution in [-0.4, -0.2) is 26.3 Å². The van der Waals surface area contributed by atoms with Crippen LogP contribution >= 0.6 is 0 Å². The number of benzene rings is 1. The van der Waals surface area contributed by atoms with Crippen molar-refractivity contribution in [1.82, 2.24) is 0 Å². The molecule has 0 radical (unpaired) electrons. The lowest BCUT2D eigenvalue weighted by atomic mass is 10.0. The minimum Gasteiger partial charge on any atom is -0.383 e. The van der Waals surface area contributed by atoms with Crippen LogP contribution in [0.5, 0.6) is 0 Å². The Kier molecular flexibility index (Phi) is 6.89. The number of para-hydroxylation sites is 1. The molecule has 0 heterocycles. The Morgan fingerprint density at radius 1 is 1.26 bits per heavy atom. The molecule has 3 nitrogen and oxygen atoms in total. The minimum absolute atomic E-state index is 0.543. The first-order valence-corrected chi connectivity index (χ1v) is 7.23. The van der Waals surface area contributed by atoms with Crippen LogP contribution in [0.2, 0.25) is 0 Å². The van der Waals surface area contributed by atoms with E-state index in [1.165, 1.54) is 16.8 Å². The largest absolute Gasteiger partial charge is 0.383 e. The van der Waals surface area contributed by atoms with E-state index in [2.05, 4.69) is 43.9 Å². The van der Waals surface area contributed by atoms with E-state index in [9.17, 15) is 0 Å². The van der Waals surface area contributed by atoms with Crippen LogP contribution in [0, 0.1) is 6.92 Å². The third-order valence-electron chi connectivity index (χ3n) is 3.75. The van der Waals surface area contributed by atoms with E-state index in [0.717, 1.165) is 26.0 Å². The second kappa shape index (κ2) is 8.18. The number of anilines is 1. The fourth-order valence-corrected chi connectivity index (χ4v) is 2.69. The molecule has 0 atom stereocenters. The summed E-state index contributed by atoms with van der Waals surface area (Å²) in [6.45, 7) is 8.90. The fraction of sp³-hybridized carbons (Fsp3) is 0.625. The van der Waals surface area contributed by atoms with Gasteiger partial charge < -0.3 is 15.4 Å². The molecule has 0 bridgehead atoms. The molecule has 0 unspecified atom stereocenters. The lowest BCUT2D eigenvalue weighted by Gasteiger charge is -2.35. The summed E-state index contributed by atoms with van der Waals surface area (Å²) >= 11 is 0. The van der Waals surface area contributed by atoms with Crippen LogP contribution in [0.3, 0.4) is 0 Å². The average molecular weight is 264 g/mol. The summed E-state index contributed by atoms with van der Waals surface area (Å²) in [5.74, 6) is 0. The number of aryl methyl sites for hydroxylation is 1. The maximum atomic E-state index is 5.91. The molecule has 0 saturated heterocycles. The van der Waals surface area contributed by atoms with Gasteiger partial charge in [0.25, 0.3) is 0 Å². The van der Waals surface area contributed by atoms with Crippen LogP contribution < -0.4 is 10.6 Å². The van der Waals surface area contributed by atoms with Crippen LogP contribution in [0.25, 0.3) is 0 Å². The molecule has 2 N–H and O–H groups in total. The molecule has 1 aromatic carbocycles. The summed E-state index contributed by atoms with van der Waals surface area (Å²) in [5, 5.41) is 0. The van der Waals surface area contributed by atoms with Gasteiger partial charge in [-0.1, -0.05) is 32.0 Å². The van der Waals surface area contributed by atoms with Crippen molar-refractivity contribution in [3.8, 4) is 0 Å². The Morgan fingerprint density at radius 2 is 1.95 bits per heavy atom. The zero-order valence-corrected chi connectivity index (χ0v) is 12.8.